The molecule has 0 heterocycles. The van der Waals surface area contributed by atoms with Gasteiger partial charge in [0.05, 0.1) is 12.1 Å². The highest BCUT2D eigenvalue weighted by Gasteiger charge is 2.21. The van der Waals surface area contributed by atoms with Crippen LogP contribution in [0.1, 0.15) is 15.9 Å². The second-order valence-corrected chi connectivity index (χ2v) is 5.77. The number of benzene rings is 3. The molecule has 0 unspecified atom stereocenters. The van der Waals surface area contributed by atoms with E-state index in [1.54, 1.807) is 4.90 Å². The van der Waals surface area contributed by atoms with E-state index >= 15 is 0 Å². The molecule has 2 nitrogen and oxygen atoms in total. The summed E-state index contributed by atoms with van der Waals surface area (Å²) in [5, 5.41) is 0.326. The average molecular weight is 340 g/mol. The van der Waals surface area contributed by atoms with E-state index in [1.165, 1.54) is 18.2 Å². The van der Waals surface area contributed by atoms with E-state index in [-0.39, 0.29) is 5.56 Å². The summed E-state index contributed by atoms with van der Waals surface area (Å²) in [6, 6.07) is 22.8. The first-order chi connectivity index (χ1) is 11.6. The third-order valence-corrected chi connectivity index (χ3v) is 3.89. The van der Waals surface area contributed by atoms with Crippen molar-refractivity contribution in [2.24, 2.45) is 0 Å². The molecule has 3 aromatic rings. The fourth-order valence-corrected chi connectivity index (χ4v) is 2.63. The van der Waals surface area contributed by atoms with Crippen molar-refractivity contribution in [3.63, 3.8) is 0 Å². The number of para-hydroxylation sites is 1. The molecule has 0 aliphatic rings. The van der Waals surface area contributed by atoms with Crippen molar-refractivity contribution in [2.45, 2.75) is 6.54 Å². The Morgan fingerprint density at radius 1 is 0.917 bits per heavy atom. The number of carbonyl (C=O) groups excluding carboxylic acids is 1. The normalized spacial score (nSPS) is 10.4. The van der Waals surface area contributed by atoms with Gasteiger partial charge in [0.25, 0.3) is 5.91 Å². The fraction of sp³-hybridized carbons (Fsp3) is 0.0500. The first-order valence-electron chi connectivity index (χ1n) is 7.51. The van der Waals surface area contributed by atoms with Crippen molar-refractivity contribution >= 4 is 23.2 Å². The predicted molar refractivity (Wildman–Crippen MR) is 94.8 cm³/mol. The molecule has 3 rings (SSSR count). The number of anilines is 1. The van der Waals surface area contributed by atoms with Crippen molar-refractivity contribution in [3.8, 4) is 0 Å². The first kappa shape index (κ1) is 16.2. The topological polar surface area (TPSA) is 20.3 Å². The molecule has 0 aliphatic carbocycles. The molecular formula is C20H15ClFNO. The Morgan fingerprint density at radius 2 is 1.54 bits per heavy atom. The molecule has 0 radical (unpaired) electrons. The lowest BCUT2D eigenvalue weighted by Crippen LogP contribution is -2.31. The van der Waals surface area contributed by atoms with Crippen LogP contribution in [0, 0.1) is 5.82 Å². The summed E-state index contributed by atoms with van der Waals surface area (Å²) < 4.78 is 14.1. The fourth-order valence-electron chi connectivity index (χ4n) is 2.46. The molecule has 0 atom stereocenters. The molecular weight excluding hydrogens is 325 g/mol. The SMILES string of the molecule is O=C(c1cc(Cl)ccc1F)N(Cc1ccccc1)c1ccccc1. The van der Waals surface area contributed by atoms with E-state index in [0.717, 1.165) is 5.56 Å². The Bertz CT molecular complexity index is 837. The van der Waals surface area contributed by atoms with Crippen LogP contribution in [-0.2, 0) is 6.54 Å². The van der Waals surface area contributed by atoms with Crippen molar-refractivity contribution in [1.82, 2.24) is 0 Å². The van der Waals surface area contributed by atoms with Gasteiger partial charge in [-0.25, -0.2) is 4.39 Å². The van der Waals surface area contributed by atoms with Crippen LogP contribution in [0.4, 0.5) is 10.1 Å². The van der Waals surface area contributed by atoms with Gasteiger partial charge in [-0.3, -0.25) is 4.79 Å². The van der Waals surface area contributed by atoms with Gasteiger partial charge in [0, 0.05) is 10.7 Å². The number of carbonyl (C=O) groups is 1. The summed E-state index contributed by atoms with van der Waals surface area (Å²) in [5.41, 5.74) is 1.62. The van der Waals surface area contributed by atoms with E-state index in [1.807, 2.05) is 60.7 Å². The summed E-state index contributed by atoms with van der Waals surface area (Å²) in [6.07, 6.45) is 0. The summed E-state index contributed by atoms with van der Waals surface area (Å²) in [6.45, 7) is 0.343. The Morgan fingerprint density at radius 3 is 2.21 bits per heavy atom. The van der Waals surface area contributed by atoms with E-state index in [9.17, 15) is 9.18 Å². The number of hydrogen-bond acceptors (Lipinski definition) is 1. The number of hydrogen-bond donors (Lipinski definition) is 0. The van der Waals surface area contributed by atoms with Crippen molar-refractivity contribution < 1.29 is 9.18 Å². The lowest BCUT2D eigenvalue weighted by Gasteiger charge is -2.23. The Kier molecular flexibility index (Phi) is 4.92. The molecule has 24 heavy (non-hydrogen) atoms. The Hall–Kier alpha value is -2.65. The minimum absolute atomic E-state index is 0.0396. The monoisotopic (exact) mass is 339 g/mol. The van der Waals surface area contributed by atoms with Crippen LogP contribution >= 0.6 is 11.6 Å². The van der Waals surface area contributed by atoms with Crippen molar-refractivity contribution in [2.75, 3.05) is 4.90 Å². The lowest BCUT2D eigenvalue weighted by molar-refractivity contribution is 0.0981. The zero-order chi connectivity index (χ0) is 16.9. The molecule has 0 aromatic heterocycles. The minimum Gasteiger partial charge on any atom is -0.304 e. The van der Waals surface area contributed by atoms with E-state index < -0.39 is 11.7 Å². The summed E-state index contributed by atoms with van der Waals surface area (Å²) in [7, 11) is 0. The summed E-state index contributed by atoms with van der Waals surface area (Å²) in [5.74, 6) is -1.01. The smallest absolute Gasteiger partial charge is 0.261 e. The van der Waals surface area contributed by atoms with Crippen LogP contribution < -0.4 is 4.90 Å². The van der Waals surface area contributed by atoms with Gasteiger partial charge in [-0.05, 0) is 35.9 Å². The first-order valence-corrected chi connectivity index (χ1v) is 7.89. The number of halogens is 2. The Labute approximate surface area is 145 Å². The highest BCUT2D eigenvalue weighted by atomic mass is 35.5. The van der Waals surface area contributed by atoms with E-state index in [4.69, 9.17) is 11.6 Å². The molecule has 0 saturated heterocycles. The lowest BCUT2D eigenvalue weighted by atomic mass is 10.1. The third kappa shape index (κ3) is 3.63. The highest BCUT2D eigenvalue weighted by Crippen LogP contribution is 2.23. The zero-order valence-electron chi connectivity index (χ0n) is 12.8. The van der Waals surface area contributed by atoms with Crippen molar-refractivity contribution in [1.29, 1.82) is 0 Å². The second kappa shape index (κ2) is 7.28. The molecule has 0 N–H and O–H groups in total. The molecule has 1 amide bonds. The van der Waals surface area contributed by atoms with Crippen LogP contribution in [-0.4, -0.2) is 5.91 Å². The van der Waals surface area contributed by atoms with Crippen LogP contribution in [0.5, 0.6) is 0 Å². The molecule has 3 aromatic carbocycles. The number of rotatable bonds is 4. The van der Waals surface area contributed by atoms with E-state index in [0.29, 0.717) is 17.3 Å². The summed E-state index contributed by atoms with van der Waals surface area (Å²) >= 11 is 5.93. The van der Waals surface area contributed by atoms with Gasteiger partial charge in [-0.1, -0.05) is 60.1 Å². The van der Waals surface area contributed by atoms with Crippen LogP contribution in [0.25, 0.3) is 0 Å². The van der Waals surface area contributed by atoms with Gasteiger partial charge in [0.2, 0.25) is 0 Å². The molecule has 0 aliphatic heterocycles. The van der Waals surface area contributed by atoms with Crippen LogP contribution in [0.3, 0.4) is 0 Å². The predicted octanol–water partition coefficient (Wildman–Crippen LogP) is 5.33. The molecule has 120 valence electrons. The molecule has 0 bridgehead atoms. The second-order valence-electron chi connectivity index (χ2n) is 5.34. The molecule has 0 saturated carbocycles. The van der Waals surface area contributed by atoms with Gasteiger partial charge in [0.1, 0.15) is 5.82 Å². The van der Waals surface area contributed by atoms with Crippen LogP contribution in [0.2, 0.25) is 5.02 Å². The quantitative estimate of drug-likeness (QED) is 0.629. The van der Waals surface area contributed by atoms with Gasteiger partial charge < -0.3 is 4.90 Å². The Balaban J connectivity index is 2.01. The minimum atomic E-state index is -0.585. The standard InChI is InChI=1S/C20H15ClFNO/c21-16-11-12-19(22)18(13-16)20(24)23(17-9-5-2-6-10-17)14-15-7-3-1-4-8-15/h1-13H,14H2. The molecule has 0 spiro atoms. The van der Waals surface area contributed by atoms with E-state index in [2.05, 4.69) is 0 Å². The number of nitrogens with zero attached hydrogens (tertiary/aromatic N) is 1. The maximum Gasteiger partial charge on any atom is 0.261 e. The molecule has 4 heteroatoms. The van der Waals surface area contributed by atoms with Crippen LogP contribution in [0.15, 0.2) is 78.9 Å². The number of amides is 1. The largest absolute Gasteiger partial charge is 0.304 e. The maximum absolute atomic E-state index is 14.1. The summed E-state index contributed by atoms with van der Waals surface area (Å²) in [4.78, 5) is 14.5. The van der Waals surface area contributed by atoms with Gasteiger partial charge >= 0.3 is 0 Å². The van der Waals surface area contributed by atoms with Gasteiger partial charge in [-0.15, -0.1) is 0 Å². The highest BCUT2D eigenvalue weighted by molar-refractivity contribution is 6.31. The van der Waals surface area contributed by atoms with Crippen molar-refractivity contribution in [3.05, 3.63) is 101 Å². The average Bonchev–Trinajstić information content (AvgIpc) is 2.63. The zero-order valence-corrected chi connectivity index (χ0v) is 13.6. The third-order valence-electron chi connectivity index (χ3n) is 3.66. The van der Waals surface area contributed by atoms with Gasteiger partial charge in [0.15, 0.2) is 0 Å². The molecule has 0 fully saturated rings. The van der Waals surface area contributed by atoms with Gasteiger partial charge in [-0.2, -0.15) is 0 Å². The maximum atomic E-state index is 14.1.